The molecule has 1 unspecified atom stereocenters. The number of hydrogen-bond acceptors (Lipinski definition) is 6. The number of hydrogen-bond donors (Lipinski definition) is 2. The second kappa shape index (κ2) is 7.63. The van der Waals surface area contributed by atoms with Crippen molar-refractivity contribution in [1.29, 1.82) is 0 Å². The Kier molecular flexibility index (Phi) is 4.88. The van der Waals surface area contributed by atoms with Crippen LogP contribution in [0, 0.1) is 5.92 Å². The summed E-state index contributed by atoms with van der Waals surface area (Å²) in [4.78, 5) is 26.1. The van der Waals surface area contributed by atoms with Crippen LogP contribution in [-0.2, 0) is 9.59 Å². The molecule has 144 valence electrons. The summed E-state index contributed by atoms with van der Waals surface area (Å²) in [5.41, 5.74) is 2.01. The molecule has 9 nitrogen and oxygen atoms in total. The van der Waals surface area contributed by atoms with E-state index in [1.807, 2.05) is 18.2 Å². The molecule has 1 aliphatic heterocycles. The Morgan fingerprint density at radius 2 is 1.96 bits per heavy atom. The number of carbonyl (C=O) groups is 2. The Balaban J connectivity index is 1.44. The second-order valence-corrected chi connectivity index (χ2v) is 6.86. The van der Waals surface area contributed by atoms with Crippen molar-refractivity contribution < 1.29 is 9.59 Å². The highest BCUT2D eigenvalue weighted by molar-refractivity contribution is 5.94. The molecule has 3 heterocycles. The molecule has 2 amide bonds. The molecule has 9 heteroatoms. The quantitative estimate of drug-likeness (QED) is 0.718. The van der Waals surface area contributed by atoms with E-state index < -0.39 is 0 Å². The number of amides is 2. The zero-order chi connectivity index (χ0) is 19.5. The van der Waals surface area contributed by atoms with Crippen LogP contribution >= 0.6 is 0 Å². The third-order valence-corrected chi connectivity index (χ3v) is 4.71. The van der Waals surface area contributed by atoms with E-state index >= 15 is 0 Å². The fourth-order valence-electron chi connectivity index (χ4n) is 3.41. The maximum Gasteiger partial charge on any atom is 0.229 e. The number of piperidine rings is 1. The number of rotatable bonds is 4. The molecule has 1 fully saturated rings. The summed E-state index contributed by atoms with van der Waals surface area (Å²) in [5.74, 6) is 0.480. The van der Waals surface area contributed by atoms with Crippen molar-refractivity contribution >= 4 is 34.7 Å². The van der Waals surface area contributed by atoms with Crippen molar-refractivity contribution in [3.63, 3.8) is 0 Å². The van der Waals surface area contributed by atoms with Gasteiger partial charge in [-0.3, -0.25) is 9.59 Å². The Labute approximate surface area is 161 Å². The maximum atomic E-state index is 12.8. The predicted octanol–water partition coefficient (Wildman–Crippen LogP) is 1.94. The summed E-state index contributed by atoms with van der Waals surface area (Å²) in [6, 6.07) is 10.9. The van der Waals surface area contributed by atoms with Crippen LogP contribution in [0.15, 0.2) is 42.7 Å². The SMILES string of the molecule is CC(=O)Nc1cccc(NC(=O)C2CCCN(c3ccc4nncn4n3)C2)c1. The first-order valence-electron chi connectivity index (χ1n) is 9.19. The van der Waals surface area contributed by atoms with Gasteiger partial charge in [0.1, 0.15) is 12.1 Å². The van der Waals surface area contributed by atoms with Crippen LogP contribution in [0.1, 0.15) is 19.8 Å². The Bertz CT molecular complexity index is 1020. The summed E-state index contributed by atoms with van der Waals surface area (Å²) in [7, 11) is 0. The third kappa shape index (κ3) is 3.93. The van der Waals surface area contributed by atoms with E-state index in [1.165, 1.54) is 6.92 Å². The highest BCUT2D eigenvalue weighted by Gasteiger charge is 2.27. The van der Waals surface area contributed by atoms with Gasteiger partial charge in [0, 0.05) is 31.4 Å². The van der Waals surface area contributed by atoms with Crippen LogP contribution in [-0.4, -0.2) is 44.7 Å². The molecular formula is C19H21N7O2. The van der Waals surface area contributed by atoms with Gasteiger partial charge in [-0.15, -0.1) is 15.3 Å². The molecule has 0 aliphatic carbocycles. The first-order valence-corrected chi connectivity index (χ1v) is 9.19. The number of aromatic nitrogens is 4. The normalized spacial score (nSPS) is 16.8. The lowest BCUT2D eigenvalue weighted by atomic mass is 9.97. The third-order valence-electron chi connectivity index (χ3n) is 4.71. The summed E-state index contributed by atoms with van der Waals surface area (Å²) < 4.78 is 1.63. The summed E-state index contributed by atoms with van der Waals surface area (Å²) in [5, 5.41) is 18.0. The van der Waals surface area contributed by atoms with Crippen molar-refractivity contribution in [1.82, 2.24) is 19.8 Å². The standard InChI is InChI=1S/C19H21N7O2/c1-13(27)21-15-5-2-6-16(10-15)22-19(28)14-4-3-9-25(11-14)18-8-7-17-23-20-12-26(17)24-18/h2,5-8,10,12,14H,3-4,9,11H2,1H3,(H,21,27)(H,22,28). The predicted molar refractivity (Wildman–Crippen MR) is 105 cm³/mol. The molecule has 1 atom stereocenters. The summed E-state index contributed by atoms with van der Waals surface area (Å²) in [6.45, 7) is 2.90. The molecule has 2 N–H and O–H groups in total. The van der Waals surface area contributed by atoms with Crippen molar-refractivity contribution in [2.24, 2.45) is 5.92 Å². The van der Waals surface area contributed by atoms with Gasteiger partial charge in [-0.05, 0) is 43.2 Å². The fourth-order valence-corrected chi connectivity index (χ4v) is 3.41. The van der Waals surface area contributed by atoms with Crippen molar-refractivity contribution in [3.05, 3.63) is 42.7 Å². The van der Waals surface area contributed by atoms with E-state index in [0.29, 0.717) is 23.6 Å². The Morgan fingerprint density at radius 1 is 1.14 bits per heavy atom. The molecule has 0 saturated carbocycles. The zero-order valence-corrected chi connectivity index (χ0v) is 15.5. The highest BCUT2D eigenvalue weighted by Crippen LogP contribution is 2.23. The molecule has 0 bridgehead atoms. The van der Waals surface area contributed by atoms with Crippen molar-refractivity contribution in [2.45, 2.75) is 19.8 Å². The van der Waals surface area contributed by atoms with Gasteiger partial charge in [0.15, 0.2) is 5.65 Å². The fraction of sp³-hybridized carbons (Fsp3) is 0.316. The monoisotopic (exact) mass is 379 g/mol. The van der Waals surface area contributed by atoms with Gasteiger partial charge >= 0.3 is 0 Å². The van der Waals surface area contributed by atoms with E-state index in [4.69, 9.17) is 0 Å². The van der Waals surface area contributed by atoms with Gasteiger partial charge in [0.2, 0.25) is 11.8 Å². The molecule has 2 aromatic heterocycles. The van der Waals surface area contributed by atoms with Crippen LogP contribution in [0.5, 0.6) is 0 Å². The number of anilines is 3. The van der Waals surface area contributed by atoms with E-state index in [9.17, 15) is 9.59 Å². The van der Waals surface area contributed by atoms with Crippen molar-refractivity contribution in [3.8, 4) is 0 Å². The minimum absolute atomic E-state index is 0.0324. The van der Waals surface area contributed by atoms with Gasteiger partial charge in [-0.25, -0.2) is 0 Å². The number of nitrogens with zero attached hydrogens (tertiary/aromatic N) is 5. The van der Waals surface area contributed by atoms with Gasteiger partial charge in [0.05, 0.1) is 5.92 Å². The molecule has 1 aromatic carbocycles. The number of nitrogens with one attached hydrogen (secondary N) is 2. The zero-order valence-electron chi connectivity index (χ0n) is 15.5. The average molecular weight is 379 g/mol. The van der Waals surface area contributed by atoms with Crippen LogP contribution < -0.4 is 15.5 Å². The molecule has 1 saturated heterocycles. The average Bonchev–Trinajstić information content (AvgIpc) is 3.15. The highest BCUT2D eigenvalue weighted by atomic mass is 16.2. The van der Waals surface area contributed by atoms with Gasteiger partial charge in [-0.2, -0.15) is 4.52 Å². The minimum atomic E-state index is -0.149. The molecule has 0 radical (unpaired) electrons. The number of carbonyl (C=O) groups excluding carboxylic acids is 2. The van der Waals surface area contributed by atoms with E-state index in [2.05, 4.69) is 30.8 Å². The lowest BCUT2D eigenvalue weighted by molar-refractivity contribution is -0.120. The summed E-state index contributed by atoms with van der Waals surface area (Å²) >= 11 is 0. The second-order valence-electron chi connectivity index (χ2n) is 6.86. The smallest absolute Gasteiger partial charge is 0.229 e. The van der Waals surface area contributed by atoms with Crippen LogP contribution in [0.3, 0.4) is 0 Å². The first-order chi connectivity index (χ1) is 13.6. The molecule has 3 aromatic rings. The van der Waals surface area contributed by atoms with E-state index in [-0.39, 0.29) is 17.7 Å². The van der Waals surface area contributed by atoms with Gasteiger partial charge in [0.25, 0.3) is 0 Å². The van der Waals surface area contributed by atoms with Crippen LogP contribution in [0.4, 0.5) is 17.2 Å². The summed E-state index contributed by atoms with van der Waals surface area (Å²) in [6.07, 6.45) is 3.30. The van der Waals surface area contributed by atoms with Gasteiger partial charge in [-0.1, -0.05) is 6.07 Å². The van der Waals surface area contributed by atoms with E-state index in [0.717, 1.165) is 25.2 Å². The van der Waals surface area contributed by atoms with Crippen LogP contribution in [0.2, 0.25) is 0 Å². The van der Waals surface area contributed by atoms with Gasteiger partial charge < -0.3 is 15.5 Å². The number of benzene rings is 1. The van der Waals surface area contributed by atoms with E-state index in [1.54, 1.807) is 29.0 Å². The largest absolute Gasteiger partial charge is 0.354 e. The lowest BCUT2D eigenvalue weighted by Gasteiger charge is -2.32. The molecular weight excluding hydrogens is 358 g/mol. The molecule has 4 rings (SSSR count). The molecule has 28 heavy (non-hydrogen) atoms. The van der Waals surface area contributed by atoms with Crippen LogP contribution in [0.25, 0.3) is 5.65 Å². The number of fused-ring (bicyclic) bond motifs is 1. The molecule has 1 aliphatic rings. The van der Waals surface area contributed by atoms with Crippen molar-refractivity contribution in [2.75, 3.05) is 28.6 Å². The lowest BCUT2D eigenvalue weighted by Crippen LogP contribution is -2.41. The maximum absolute atomic E-state index is 12.8. The molecule has 0 spiro atoms. The Morgan fingerprint density at radius 3 is 2.79 bits per heavy atom. The topological polar surface area (TPSA) is 105 Å². The first kappa shape index (κ1) is 17.9. The Hall–Kier alpha value is -3.49. The minimum Gasteiger partial charge on any atom is -0.354 e.